The lowest BCUT2D eigenvalue weighted by Gasteiger charge is -2.17. The third-order valence-electron chi connectivity index (χ3n) is 2.79. The molecule has 1 atom stereocenters. The minimum Gasteiger partial charge on any atom is -0.481 e. The molecule has 0 aliphatic carbocycles. The smallest absolute Gasteiger partial charge is 0.303 e. The Morgan fingerprint density at radius 1 is 1.56 bits per heavy atom. The van der Waals surface area contributed by atoms with Crippen molar-refractivity contribution in [2.45, 2.75) is 24.7 Å². The molecule has 0 spiro atoms. The number of benzene rings is 1. The summed E-state index contributed by atoms with van der Waals surface area (Å²) in [5, 5.41) is 11.6. The Morgan fingerprint density at radius 2 is 2.33 bits per heavy atom. The van der Waals surface area contributed by atoms with Crippen LogP contribution >= 0.6 is 11.8 Å². The van der Waals surface area contributed by atoms with Crippen molar-refractivity contribution in [1.82, 2.24) is 0 Å². The van der Waals surface area contributed by atoms with Crippen LogP contribution in [-0.2, 0) is 16.0 Å². The van der Waals surface area contributed by atoms with Crippen LogP contribution in [0.25, 0.3) is 0 Å². The zero-order valence-electron chi connectivity index (χ0n) is 10.1. The quantitative estimate of drug-likeness (QED) is 0.877. The van der Waals surface area contributed by atoms with Gasteiger partial charge in [-0.25, -0.2) is 0 Å². The van der Waals surface area contributed by atoms with Crippen LogP contribution in [-0.4, -0.2) is 22.7 Å². The largest absolute Gasteiger partial charge is 0.481 e. The minimum absolute atomic E-state index is 0.0273. The maximum absolute atomic E-state index is 11.2. The monoisotopic (exact) mass is 265 g/mol. The molecule has 2 N–H and O–H groups in total. The summed E-state index contributed by atoms with van der Waals surface area (Å²) in [4.78, 5) is 22.9. The first kappa shape index (κ1) is 13.0. The molecule has 18 heavy (non-hydrogen) atoms. The Balaban J connectivity index is 2.07. The van der Waals surface area contributed by atoms with E-state index in [4.69, 9.17) is 5.11 Å². The Hall–Kier alpha value is -1.49. The van der Waals surface area contributed by atoms with Crippen LogP contribution in [0.5, 0.6) is 0 Å². The van der Waals surface area contributed by atoms with Crippen LogP contribution in [0, 0.1) is 5.92 Å². The van der Waals surface area contributed by atoms with Crippen molar-refractivity contribution in [3.05, 3.63) is 23.8 Å². The lowest BCUT2D eigenvalue weighted by atomic mass is 9.98. The lowest BCUT2D eigenvalue weighted by Crippen LogP contribution is -2.18. The number of rotatable bonds is 4. The van der Waals surface area contributed by atoms with Crippen molar-refractivity contribution in [1.29, 1.82) is 0 Å². The van der Waals surface area contributed by atoms with E-state index in [0.29, 0.717) is 5.75 Å². The molecule has 5 heteroatoms. The topological polar surface area (TPSA) is 66.4 Å². The van der Waals surface area contributed by atoms with E-state index in [1.54, 1.807) is 0 Å². The summed E-state index contributed by atoms with van der Waals surface area (Å²) in [5.74, 6) is -0.175. The second-order valence-electron chi connectivity index (χ2n) is 4.57. The summed E-state index contributed by atoms with van der Waals surface area (Å²) in [6.07, 6.45) is 0.926. The molecule has 1 heterocycles. The van der Waals surface area contributed by atoms with E-state index in [1.165, 1.54) is 11.8 Å². The molecule has 0 saturated carbocycles. The standard InChI is InChI=1S/C13H15NO3S/c1-8(5-13(16)17)4-9-2-3-10-11(6-9)18-7-12(15)14-10/h2-3,6,8H,4-5,7H2,1H3,(H,14,15)(H,16,17). The summed E-state index contributed by atoms with van der Waals surface area (Å²) in [6.45, 7) is 1.93. The highest BCUT2D eigenvalue weighted by atomic mass is 32.2. The lowest BCUT2D eigenvalue weighted by molar-refractivity contribution is -0.137. The minimum atomic E-state index is -0.762. The molecular weight excluding hydrogens is 250 g/mol. The number of carboxylic acid groups (broad SMARTS) is 1. The normalized spacial score (nSPS) is 15.7. The van der Waals surface area contributed by atoms with E-state index in [0.717, 1.165) is 22.6 Å². The Bertz CT molecular complexity index is 487. The third-order valence-corrected chi connectivity index (χ3v) is 3.84. The number of carbonyl (C=O) groups is 2. The van der Waals surface area contributed by atoms with Gasteiger partial charge in [0.05, 0.1) is 11.4 Å². The van der Waals surface area contributed by atoms with Gasteiger partial charge in [-0.1, -0.05) is 13.0 Å². The van der Waals surface area contributed by atoms with Crippen LogP contribution < -0.4 is 5.32 Å². The molecule has 1 aliphatic heterocycles. The van der Waals surface area contributed by atoms with Gasteiger partial charge >= 0.3 is 5.97 Å². The van der Waals surface area contributed by atoms with E-state index < -0.39 is 5.97 Å². The second-order valence-corrected chi connectivity index (χ2v) is 5.59. The molecule has 1 aliphatic rings. The van der Waals surface area contributed by atoms with E-state index in [1.807, 2.05) is 25.1 Å². The van der Waals surface area contributed by atoms with Gasteiger partial charge < -0.3 is 10.4 Å². The fraction of sp³-hybridized carbons (Fsp3) is 0.385. The van der Waals surface area contributed by atoms with Crippen molar-refractivity contribution < 1.29 is 14.7 Å². The molecule has 2 rings (SSSR count). The predicted molar refractivity (Wildman–Crippen MR) is 70.9 cm³/mol. The molecule has 96 valence electrons. The van der Waals surface area contributed by atoms with Crippen LogP contribution in [0.2, 0.25) is 0 Å². The molecule has 0 aromatic heterocycles. The molecule has 4 nitrogen and oxygen atoms in total. The van der Waals surface area contributed by atoms with Gasteiger partial charge in [0.2, 0.25) is 5.91 Å². The molecule has 1 aromatic rings. The van der Waals surface area contributed by atoms with E-state index in [2.05, 4.69) is 5.32 Å². The van der Waals surface area contributed by atoms with E-state index >= 15 is 0 Å². The number of nitrogens with one attached hydrogen (secondary N) is 1. The average Bonchev–Trinajstić information content (AvgIpc) is 2.28. The first-order valence-corrected chi connectivity index (χ1v) is 6.80. The highest BCUT2D eigenvalue weighted by Gasteiger charge is 2.16. The summed E-state index contributed by atoms with van der Waals surface area (Å²) >= 11 is 1.52. The van der Waals surface area contributed by atoms with Crippen LogP contribution in [0.15, 0.2) is 23.1 Å². The van der Waals surface area contributed by atoms with Gasteiger partial charge in [-0.2, -0.15) is 0 Å². The summed E-state index contributed by atoms with van der Waals surface area (Å²) in [6, 6.07) is 5.88. The molecule has 1 amide bonds. The molecule has 1 unspecified atom stereocenters. The fourth-order valence-corrected chi connectivity index (χ4v) is 2.89. The van der Waals surface area contributed by atoms with Gasteiger partial charge in [-0.15, -0.1) is 11.8 Å². The number of hydrogen-bond donors (Lipinski definition) is 2. The zero-order chi connectivity index (χ0) is 13.1. The molecule has 0 bridgehead atoms. The summed E-state index contributed by atoms with van der Waals surface area (Å²) in [7, 11) is 0. The van der Waals surface area contributed by atoms with E-state index in [-0.39, 0.29) is 18.2 Å². The van der Waals surface area contributed by atoms with Crippen molar-refractivity contribution in [2.24, 2.45) is 5.92 Å². The summed E-state index contributed by atoms with van der Waals surface area (Å²) in [5.41, 5.74) is 1.97. The summed E-state index contributed by atoms with van der Waals surface area (Å²) < 4.78 is 0. The Labute approximate surface area is 110 Å². The number of carboxylic acids is 1. The van der Waals surface area contributed by atoms with Gasteiger partial charge in [0.1, 0.15) is 0 Å². The molecular formula is C13H15NO3S. The number of amides is 1. The number of hydrogen-bond acceptors (Lipinski definition) is 3. The second kappa shape index (κ2) is 5.44. The van der Waals surface area contributed by atoms with Gasteiger partial charge in [-0.05, 0) is 30.0 Å². The number of thioether (sulfide) groups is 1. The Kier molecular flexibility index (Phi) is 3.91. The van der Waals surface area contributed by atoms with Gasteiger partial charge in [-0.3, -0.25) is 9.59 Å². The third kappa shape index (κ3) is 3.26. The molecule has 0 saturated heterocycles. The van der Waals surface area contributed by atoms with Crippen LogP contribution in [0.4, 0.5) is 5.69 Å². The number of anilines is 1. The average molecular weight is 265 g/mol. The van der Waals surface area contributed by atoms with Crippen molar-refractivity contribution >= 4 is 29.3 Å². The molecule has 0 fully saturated rings. The number of aliphatic carboxylic acids is 1. The SMILES string of the molecule is CC(CC(=O)O)Cc1ccc2c(c1)SCC(=O)N2. The van der Waals surface area contributed by atoms with Crippen molar-refractivity contribution in [3.63, 3.8) is 0 Å². The Morgan fingerprint density at radius 3 is 3.06 bits per heavy atom. The highest BCUT2D eigenvalue weighted by Crippen LogP contribution is 2.32. The first-order valence-electron chi connectivity index (χ1n) is 5.82. The van der Waals surface area contributed by atoms with Crippen LogP contribution in [0.3, 0.4) is 0 Å². The van der Waals surface area contributed by atoms with Crippen molar-refractivity contribution in [3.8, 4) is 0 Å². The predicted octanol–water partition coefficient (Wildman–Crippen LogP) is 2.38. The zero-order valence-corrected chi connectivity index (χ0v) is 10.9. The maximum Gasteiger partial charge on any atom is 0.303 e. The molecule has 0 radical (unpaired) electrons. The van der Waals surface area contributed by atoms with Gasteiger partial charge in [0.25, 0.3) is 0 Å². The van der Waals surface area contributed by atoms with Crippen LogP contribution in [0.1, 0.15) is 18.9 Å². The van der Waals surface area contributed by atoms with Crippen molar-refractivity contribution in [2.75, 3.05) is 11.1 Å². The fourth-order valence-electron chi connectivity index (χ4n) is 2.02. The first-order chi connectivity index (χ1) is 8.54. The van der Waals surface area contributed by atoms with Gasteiger partial charge in [0, 0.05) is 11.3 Å². The highest BCUT2D eigenvalue weighted by molar-refractivity contribution is 8.00. The maximum atomic E-state index is 11.2. The van der Waals surface area contributed by atoms with Gasteiger partial charge in [0.15, 0.2) is 0 Å². The number of fused-ring (bicyclic) bond motifs is 1. The number of carbonyl (C=O) groups excluding carboxylic acids is 1. The molecule has 1 aromatic carbocycles. The van der Waals surface area contributed by atoms with E-state index in [9.17, 15) is 9.59 Å².